The first-order chi connectivity index (χ1) is 15.4. The summed E-state index contributed by atoms with van der Waals surface area (Å²) < 4.78 is 5.17. The van der Waals surface area contributed by atoms with Crippen LogP contribution in [-0.2, 0) is 9.59 Å². The number of carbonyl (C=O) groups is 2. The molecule has 0 unspecified atom stereocenters. The first-order valence-electron chi connectivity index (χ1n) is 10.8. The highest BCUT2D eigenvalue weighted by Gasteiger charge is 2.45. The SMILES string of the molecule is CCN(CC)CCCN1C(=O)C(=O)/C(=C(/O)c2ccc(OC)cc2)[C@H]1c1cccc(Cl)c1. The van der Waals surface area contributed by atoms with Crippen molar-refractivity contribution in [3.05, 3.63) is 70.3 Å². The molecule has 0 aliphatic carbocycles. The van der Waals surface area contributed by atoms with E-state index in [1.807, 2.05) is 6.07 Å². The summed E-state index contributed by atoms with van der Waals surface area (Å²) in [6.07, 6.45) is 0.717. The second kappa shape index (κ2) is 10.7. The van der Waals surface area contributed by atoms with Crippen molar-refractivity contribution in [1.29, 1.82) is 0 Å². The van der Waals surface area contributed by atoms with Crippen LogP contribution in [0.15, 0.2) is 54.1 Å². The zero-order chi connectivity index (χ0) is 23.3. The fourth-order valence-corrected chi connectivity index (χ4v) is 4.24. The summed E-state index contributed by atoms with van der Waals surface area (Å²) in [7, 11) is 1.55. The molecule has 1 fully saturated rings. The van der Waals surface area contributed by atoms with E-state index in [1.54, 1.807) is 54.5 Å². The number of likely N-dealkylation sites (tertiary alicyclic amines) is 1. The number of nitrogens with zero attached hydrogens (tertiary/aromatic N) is 2. The number of Topliss-reactive ketones (excluding diaryl/α,β-unsaturated/α-hetero) is 1. The minimum absolute atomic E-state index is 0.0743. The van der Waals surface area contributed by atoms with Gasteiger partial charge in [-0.2, -0.15) is 0 Å². The Labute approximate surface area is 194 Å². The number of hydrogen-bond donors (Lipinski definition) is 1. The molecule has 32 heavy (non-hydrogen) atoms. The fourth-order valence-electron chi connectivity index (χ4n) is 4.04. The van der Waals surface area contributed by atoms with Gasteiger partial charge in [0.15, 0.2) is 0 Å². The number of amides is 1. The molecule has 0 bridgehead atoms. The summed E-state index contributed by atoms with van der Waals surface area (Å²) in [6, 6.07) is 13.1. The maximum atomic E-state index is 13.1. The van der Waals surface area contributed by atoms with Gasteiger partial charge in [-0.25, -0.2) is 0 Å². The van der Waals surface area contributed by atoms with Gasteiger partial charge in [0, 0.05) is 17.1 Å². The summed E-state index contributed by atoms with van der Waals surface area (Å²) in [5.74, 6) is -0.872. The molecular formula is C25H29ClN2O4. The summed E-state index contributed by atoms with van der Waals surface area (Å²) in [6.45, 7) is 7.25. The molecule has 6 nitrogen and oxygen atoms in total. The van der Waals surface area contributed by atoms with E-state index in [0.29, 0.717) is 34.9 Å². The van der Waals surface area contributed by atoms with Crippen LogP contribution in [0.1, 0.15) is 37.4 Å². The normalized spacial score (nSPS) is 17.9. The molecule has 0 saturated carbocycles. The number of hydrogen-bond acceptors (Lipinski definition) is 5. The molecule has 0 spiro atoms. The van der Waals surface area contributed by atoms with E-state index in [9.17, 15) is 14.7 Å². The Balaban J connectivity index is 2.02. The average Bonchev–Trinajstić information content (AvgIpc) is 3.06. The van der Waals surface area contributed by atoms with Crippen molar-refractivity contribution >= 4 is 29.1 Å². The van der Waals surface area contributed by atoms with Crippen molar-refractivity contribution < 1.29 is 19.4 Å². The van der Waals surface area contributed by atoms with Crippen molar-refractivity contribution in [3.63, 3.8) is 0 Å². The Morgan fingerprint density at radius 2 is 1.81 bits per heavy atom. The lowest BCUT2D eigenvalue weighted by Crippen LogP contribution is -2.33. The highest BCUT2D eigenvalue weighted by Crippen LogP contribution is 2.40. The van der Waals surface area contributed by atoms with E-state index in [-0.39, 0.29) is 11.3 Å². The average molecular weight is 457 g/mol. The van der Waals surface area contributed by atoms with E-state index in [2.05, 4.69) is 18.7 Å². The molecule has 2 aromatic rings. The van der Waals surface area contributed by atoms with Gasteiger partial charge in [-0.15, -0.1) is 0 Å². The largest absolute Gasteiger partial charge is 0.507 e. The van der Waals surface area contributed by atoms with Gasteiger partial charge in [0.05, 0.1) is 18.7 Å². The van der Waals surface area contributed by atoms with E-state index in [1.165, 1.54) is 0 Å². The molecule has 1 aliphatic heterocycles. The van der Waals surface area contributed by atoms with Crippen molar-refractivity contribution in [3.8, 4) is 5.75 Å². The van der Waals surface area contributed by atoms with Crippen molar-refractivity contribution in [2.24, 2.45) is 0 Å². The molecule has 7 heteroatoms. The van der Waals surface area contributed by atoms with Crippen LogP contribution < -0.4 is 4.74 Å². The Hall–Kier alpha value is -2.83. The molecule has 1 atom stereocenters. The lowest BCUT2D eigenvalue weighted by molar-refractivity contribution is -0.140. The number of rotatable bonds is 9. The Bertz CT molecular complexity index is 999. The van der Waals surface area contributed by atoms with E-state index >= 15 is 0 Å². The fraction of sp³-hybridized carbons (Fsp3) is 0.360. The van der Waals surface area contributed by atoms with Gasteiger partial charge in [-0.1, -0.05) is 37.6 Å². The van der Waals surface area contributed by atoms with Crippen LogP contribution in [0, 0.1) is 0 Å². The molecule has 1 amide bonds. The second-order valence-corrected chi connectivity index (χ2v) is 8.09. The second-order valence-electron chi connectivity index (χ2n) is 7.66. The minimum atomic E-state index is -0.701. The van der Waals surface area contributed by atoms with Crippen LogP contribution in [0.2, 0.25) is 5.02 Å². The molecule has 3 rings (SSSR count). The third-order valence-electron chi connectivity index (χ3n) is 5.84. The Kier molecular flexibility index (Phi) is 7.94. The van der Waals surface area contributed by atoms with Crippen LogP contribution in [0.5, 0.6) is 5.75 Å². The highest BCUT2D eigenvalue weighted by molar-refractivity contribution is 6.46. The maximum absolute atomic E-state index is 13.1. The van der Waals surface area contributed by atoms with Gasteiger partial charge >= 0.3 is 0 Å². The van der Waals surface area contributed by atoms with E-state index in [0.717, 1.165) is 19.6 Å². The lowest BCUT2D eigenvalue weighted by Gasteiger charge is -2.27. The third kappa shape index (κ3) is 4.97. The van der Waals surface area contributed by atoms with Crippen LogP contribution in [0.4, 0.5) is 0 Å². The molecular weight excluding hydrogens is 428 g/mol. The van der Waals surface area contributed by atoms with Crippen LogP contribution in [0.25, 0.3) is 5.76 Å². The first-order valence-corrected chi connectivity index (χ1v) is 11.2. The van der Waals surface area contributed by atoms with Crippen LogP contribution >= 0.6 is 11.6 Å². The smallest absolute Gasteiger partial charge is 0.295 e. The summed E-state index contributed by atoms with van der Waals surface area (Å²) in [4.78, 5) is 29.9. The standard InChI is InChI=1S/C25H29ClN2O4/c1-4-27(5-2)14-7-15-28-22(18-8-6-9-19(26)16-18)21(24(30)25(28)31)23(29)17-10-12-20(32-3)13-11-17/h6,8-13,16,22,29H,4-5,7,14-15H2,1-3H3/b23-21+/t22-/m1/s1. The van der Waals surface area contributed by atoms with Crippen LogP contribution in [0.3, 0.4) is 0 Å². The Morgan fingerprint density at radius 1 is 1.12 bits per heavy atom. The number of halogens is 1. The van der Waals surface area contributed by atoms with Crippen molar-refractivity contribution in [1.82, 2.24) is 9.80 Å². The number of methoxy groups -OCH3 is 1. The van der Waals surface area contributed by atoms with Gasteiger partial charge in [0.2, 0.25) is 0 Å². The molecule has 1 N–H and O–H groups in total. The molecule has 1 aliphatic rings. The monoisotopic (exact) mass is 456 g/mol. The molecule has 0 aromatic heterocycles. The van der Waals surface area contributed by atoms with Crippen molar-refractivity contribution in [2.75, 3.05) is 33.3 Å². The van der Waals surface area contributed by atoms with Gasteiger partial charge < -0.3 is 19.6 Å². The summed E-state index contributed by atoms with van der Waals surface area (Å²) in [5.41, 5.74) is 1.21. The first kappa shape index (κ1) is 23.8. The molecule has 170 valence electrons. The molecule has 1 heterocycles. The van der Waals surface area contributed by atoms with Gasteiger partial charge in [-0.3, -0.25) is 9.59 Å². The molecule has 0 radical (unpaired) electrons. The zero-order valence-corrected chi connectivity index (χ0v) is 19.4. The van der Waals surface area contributed by atoms with E-state index < -0.39 is 17.7 Å². The number of ketones is 1. The number of benzene rings is 2. The maximum Gasteiger partial charge on any atom is 0.295 e. The lowest BCUT2D eigenvalue weighted by atomic mass is 9.95. The minimum Gasteiger partial charge on any atom is -0.507 e. The Morgan fingerprint density at radius 3 is 2.41 bits per heavy atom. The number of aliphatic hydroxyl groups excluding tert-OH is 1. The van der Waals surface area contributed by atoms with Crippen molar-refractivity contribution in [2.45, 2.75) is 26.3 Å². The topological polar surface area (TPSA) is 70.1 Å². The van der Waals surface area contributed by atoms with Gasteiger partial charge in [0.25, 0.3) is 11.7 Å². The van der Waals surface area contributed by atoms with Gasteiger partial charge in [-0.05, 0) is 68.0 Å². The third-order valence-corrected chi connectivity index (χ3v) is 6.07. The number of carbonyl (C=O) groups excluding carboxylic acids is 2. The predicted octanol–water partition coefficient (Wildman–Crippen LogP) is 4.50. The summed E-state index contributed by atoms with van der Waals surface area (Å²) >= 11 is 6.22. The number of aliphatic hydroxyl groups is 1. The van der Waals surface area contributed by atoms with E-state index in [4.69, 9.17) is 16.3 Å². The summed E-state index contributed by atoms with van der Waals surface area (Å²) in [5, 5.41) is 11.6. The van der Waals surface area contributed by atoms with Crippen LogP contribution in [-0.4, -0.2) is 59.9 Å². The number of ether oxygens (including phenoxy) is 1. The quantitative estimate of drug-likeness (QED) is 0.341. The molecule has 1 saturated heterocycles. The zero-order valence-electron chi connectivity index (χ0n) is 18.7. The highest BCUT2D eigenvalue weighted by atomic mass is 35.5. The predicted molar refractivity (Wildman–Crippen MR) is 126 cm³/mol. The van der Waals surface area contributed by atoms with Gasteiger partial charge in [0.1, 0.15) is 11.5 Å². The molecule has 2 aromatic carbocycles.